The van der Waals surface area contributed by atoms with E-state index < -0.39 is 77.2 Å². The molecule has 0 saturated carbocycles. The molecule has 1 aromatic rings. The number of phenols is 1. The number of allylic oxidation sites excluding steroid dienone is 5. The lowest BCUT2D eigenvalue weighted by atomic mass is 9.82. The summed E-state index contributed by atoms with van der Waals surface area (Å²) in [4.78, 5) is 84.0. The molecule has 7 aliphatic heterocycles. The first-order valence-corrected chi connectivity index (χ1v) is 25.0. The largest absolute Gasteiger partial charge is 0.507 e. The molecule has 1 aromatic carbocycles. The van der Waals surface area contributed by atoms with E-state index in [-0.39, 0.29) is 75.9 Å². The summed E-state index contributed by atoms with van der Waals surface area (Å²) in [5.74, 6) is -6.00. The number of piperidine rings is 1. The number of aliphatic hydroxyl groups is 2. The summed E-state index contributed by atoms with van der Waals surface area (Å²) in [6.45, 7) is 19.2. The predicted octanol–water partition coefficient (Wildman–Crippen LogP) is 3.33. The fraction of sp³-hybridized carbons (Fsp3) is 0.615. The van der Waals surface area contributed by atoms with Crippen molar-refractivity contribution in [3.05, 3.63) is 69.8 Å². The predicted molar refractivity (Wildman–Crippen MR) is 260 cm³/mol. The van der Waals surface area contributed by atoms with Crippen molar-refractivity contribution in [1.82, 2.24) is 30.2 Å². The minimum absolute atomic E-state index is 0.0250. The molecule has 0 aromatic heterocycles. The van der Waals surface area contributed by atoms with Crippen LogP contribution in [0.3, 0.4) is 0 Å². The van der Waals surface area contributed by atoms with Crippen molar-refractivity contribution in [1.29, 1.82) is 0 Å². The first-order valence-electron chi connectivity index (χ1n) is 25.0. The summed E-state index contributed by atoms with van der Waals surface area (Å²) in [6.07, 6.45) is 5.90. The summed E-state index contributed by atoms with van der Waals surface area (Å²) < 4.78 is 18.2. The highest BCUT2D eigenvalue weighted by Crippen LogP contribution is 2.50. The number of piperazine rings is 1. The van der Waals surface area contributed by atoms with Crippen LogP contribution in [-0.2, 0) is 23.9 Å². The third-order valence-electron chi connectivity index (χ3n) is 15.2. The molecule has 8 aliphatic rings. The normalized spacial score (nSPS) is 30.9. The Morgan fingerprint density at radius 1 is 0.986 bits per heavy atom. The van der Waals surface area contributed by atoms with Crippen molar-refractivity contribution < 1.29 is 53.5 Å². The number of Topliss-reactive ketones (excluding diaryl/α,β-unsaturated/α-hetero) is 2. The third kappa shape index (κ3) is 10.2. The summed E-state index contributed by atoms with van der Waals surface area (Å²) >= 11 is 0. The van der Waals surface area contributed by atoms with E-state index in [1.165, 1.54) is 20.1 Å². The number of aromatic hydroxyl groups is 1. The Morgan fingerprint density at radius 2 is 1.69 bits per heavy atom. The molecule has 70 heavy (non-hydrogen) atoms. The quantitative estimate of drug-likeness (QED) is 0.204. The number of benzene rings is 1. The molecule has 380 valence electrons. The maximum absolute atomic E-state index is 14.8. The van der Waals surface area contributed by atoms with Gasteiger partial charge in [-0.05, 0) is 45.7 Å². The first kappa shape index (κ1) is 51.0. The second-order valence-corrected chi connectivity index (χ2v) is 21.0. The highest BCUT2D eigenvalue weighted by atomic mass is 16.7. The minimum atomic E-state index is -1.94. The Labute approximate surface area is 410 Å². The maximum atomic E-state index is 14.8. The van der Waals surface area contributed by atoms with Crippen LogP contribution in [0.25, 0.3) is 0 Å². The van der Waals surface area contributed by atoms with Gasteiger partial charge >= 0.3 is 11.8 Å². The zero-order chi connectivity index (χ0) is 50.4. The van der Waals surface area contributed by atoms with Gasteiger partial charge in [-0.3, -0.25) is 33.9 Å². The van der Waals surface area contributed by atoms with Gasteiger partial charge in [0.15, 0.2) is 0 Å². The number of nitrogens with zero attached hydrogens (tertiary/aromatic N) is 5. The van der Waals surface area contributed by atoms with Gasteiger partial charge in [-0.25, -0.2) is 0 Å². The van der Waals surface area contributed by atoms with Crippen LogP contribution >= 0.6 is 0 Å². The number of ether oxygens (including phenoxy) is 3. The van der Waals surface area contributed by atoms with Crippen LogP contribution in [-0.4, -0.2) is 172 Å². The molecule has 18 heteroatoms. The molecule has 1 unspecified atom stereocenters. The fourth-order valence-electron chi connectivity index (χ4n) is 10.8. The van der Waals surface area contributed by atoms with Gasteiger partial charge in [-0.1, -0.05) is 45.9 Å². The molecular weight excluding hydrogens is 899 g/mol. The SMILES string of the molecule is C/C1=C/C=C/[C@H](C)[C@H](O)[C@@H](C)C(O)C[C@H](OC(=O)CC(=O)N2CCN(C3CN(C)C3)CC2)CC/C=C/O[C@@]2(C)Oc3c(C)c(O)c4c(c3C2=O)C2=NC3(CCN(CC(C)C)CC3)NC2=C(NC1=O)C4=O. The second-order valence-electron chi connectivity index (χ2n) is 21.0. The number of hydrogen-bond acceptors (Lipinski definition) is 16. The van der Waals surface area contributed by atoms with Crippen LogP contribution in [0.4, 0.5) is 0 Å². The molecule has 1 aliphatic carbocycles. The van der Waals surface area contributed by atoms with Crippen molar-refractivity contribution in [3.63, 3.8) is 0 Å². The van der Waals surface area contributed by atoms with E-state index in [0.29, 0.717) is 51.0 Å². The van der Waals surface area contributed by atoms with E-state index in [9.17, 15) is 39.3 Å². The average molecular weight is 970 g/mol. The summed E-state index contributed by atoms with van der Waals surface area (Å²) in [6, 6.07) is 0.481. The Kier molecular flexibility index (Phi) is 14.8. The topological polar surface area (TPSA) is 223 Å². The monoisotopic (exact) mass is 970 g/mol. The highest BCUT2D eigenvalue weighted by Gasteiger charge is 2.54. The fourth-order valence-corrected chi connectivity index (χ4v) is 10.8. The van der Waals surface area contributed by atoms with Crippen molar-refractivity contribution in [2.45, 2.75) is 123 Å². The number of ketones is 2. The van der Waals surface area contributed by atoms with Crippen LogP contribution in [0.1, 0.15) is 112 Å². The van der Waals surface area contributed by atoms with Crippen LogP contribution in [0.15, 0.2) is 52.5 Å². The maximum Gasteiger partial charge on any atom is 0.315 e. The number of fused-ring (bicyclic) bond motifs is 13. The third-order valence-corrected chi connectivity index (χ3v) is 15.2. The van der Waals surface area contributed by atoms with E-state index >= 15 is 0 Å². The molecule has 2 amide bonds. The van der Waals surface area contributed by atoms with Crippen LogP contribution in [0, 0.1) is 24.7 Å². The van der Waals surface area contributed by atoms with Gasteiger partial charge in [0.1, 0.15) is 35.4 Å². The smallest absolute Gasteiger partial charge is 0.315 e. The van der Waals surface area contributed by atoms with E-state index in [1.54, 1.807) is 50.0 Å². The van der Waals surface area contributed by atoms with Gasteiger partial charge in [0.2, 0.25) is 11.7 Å². The zero-order valence-corrected chi connectivity index (χ0v) is 41.9. The molecule has 3 saturated heterocycles. The number of rotatable bonds is 6. The molecule has 3 fully saturated rings. The van der Waals surface area contributed by atoms with Gasteiger partial charge in [0.25, 0.3) is 11.7 Å². The minimum Gasteiger partial charge on any atom is -0.507 e. The van der Waals surface area contributed by atoms with E-state index in [1.807, 2.05) is 0 Å². The molecule has 7 heterocycles. The lowest BCUT2D eigenvalue weighted by molar-refractivity contribution is -0.156. The number of aliphatic imine (C=N–C) groups is 1. The van der Waals surface area contributed by atoms with E-state index in [4.69, 9.17) is 19.2 Å². The molecule has 6 atom stereocenters. The second kappa shape index (κ2) is 20.4. The number of phenolic OH excluding ortho intramolecular Hbond substituents is 1. The number of carbonyl (C=O) groups is 5. The highest BCUT2D eigenvalue weighted by molar-refractivity contribution is 6.34. The lowest BCUT2D eigenvalue weighted by Gasteiger charge is -2.46. The summed E-state index contributed by atoms with van der Waals surface area (Å²) in [5, 5.41) is 41.0. The Bertz CT molecular complexity index is 2420. The number of hydrogen-bond donors (Lipinski definition) is 5. The molecule has 9 rings (SSSR count). The number of aliphatic hydroxyl groups excluding tert-OH is 2. The van der Waals surface area contributed by atoms with Gasteiger partial charge in [0, 0.05) is 120 Å². The molecule has 5 N–H and O–H groups in total. The van der Waals surface area contributed by atoms with Gasteiger partial charge in [-0.2, -0.15) is 0 Å². The number of amides is 2. The van der Waals surface area contributed by atoms with Crippen LogP contribution in [0.5, 0.6) is 11.5 Å². The van der Waals surface area contributed by atoms with E-state index in [2.05, 4.69) is 46.2 Å². The number of likely N-dealkylation sites (tertiary alicyclic amines) is 2. The number of nitrogens with one attached hydrogen (secondary N) is 2. The van der Waals surface area contributed by atoms with Gasteiger partial charge < -0.3 is 54.9 Å². The number of esters is 1. The Hall–Kier alpha value is -5.40. The average Bonchev–Trinajstić information content (AvgIpc) is 3.81. The molecular formula is C52H71N7O11. The zero-order valence-electron chi connectivity index (χ0n) is 41.9. The lowest BCUT2D eigenvalue weighted by Crippen LogP contribution is -2.62. The standard InChI is InChI=1S/C52H71N7O11/c1-29(2)26-57-17-15-52(16-18-57)54-42-39-40-46(64)33(6)48-41(39)49(66)51(7,70-48)68-23-10-9-14-35(69-38(62)25-37(61)59-21-19-58(20-22-59)34-27-56(8)28-34)24-36(60)32(5)45(63)30(3)12-11-13-31(4)50(67)53-44(47(40)65)43(42)55-52/h10-13,23,29-30,32,34-36,45,55,60,63-64H,9,14-22,24-28H2,1-8H3,(H,53,67)/b12-11+,23-10+,31-13-/t30-,32-,35+,36?,45-,51-/m0/s1. The molecule has 1 spiro atoms. The summed E-state index contributed by atoms with van der Waals surface area (Å²) in [7, 11) is 2.08. The molecule has 5 bridgehead atoms. The van der Waals surface area contributed by atoms with Crippen LogP contribution in [0.2, 0.25) is 0 Å². The number of likely N-dealkylation sites (N-methyl/N-ethyl adjacent to an activating group) is 1. The van der Waals surface area contributed by atoms with Crippen LogP contribution < -0.4 is 15.4 Å². The van der Waals surface area contributed by atoms with Gasteiger partial charge in [-0.15, -0.1) is 0 Å². The van der Waals surface area contributed by atoms with Crippen molar-refractivity contribution >= 4 is 35.1 Å². The molecule has 18 nitrogen and oxygen atoms in total. The van der Waals surface area contributed by atoms with E-state index in [0.717, 1.165) is 32.7 Å². The number of carbonyl (C=O) groups excluding carboxylic acids is 5. The summed E-state index contributed by atoms with van der Waals surface area (Å²) in [5.41, 5.74) is -0.175. The van der Waals surface area contributed by atoms with Crippen molar-refractivity contribution in [3.8, 4) is 11.5 Å². The molecule has 0 radical (unpaired) electrons. The Balaban J connectivity index is 1.07. The van der Waals surface area contributed by atoms with Crippen molar-refractivity contribution in [2.24, 2.45) is 22.7 Å². The first-order chi connectivity index (χ1) is 33.2. The van der Waals surface area contributed by atoms with Crippen molar-refractivity contribution in [2.75, 3.05) is 66.0 Å². The van der Waals surface area contributed by atoms with Gasteiger partial charge in [0.05, 0.1) is 41.0 Å². The Morgan fingerprint density at radius 3 is 2.36 bits per heavy atom.